The molecule has 0 unspecified atom stereocenters. The largest absolute Gasteiger partial charge is 0.464 e. The van der Waals surface area contributed by atoms with Gasteiger partial charge < -0.3 is 28.9 Å². The maximum absolute atomic E-state index is 13.5. The molecule has 5 heterocycles. The van der Waals surface area contributed by atoms with Crippen LogP contribution >= 0.6 is 0 Å². The van der Waals surface area contributed by atoms with Gasteiger partial charge in [0.2, 0.25) is 5.91 Å². The number of hydrogen-bond acceptors (Lipinski definition) is 9. The fourth-order valence-corrected chi connectivity index (χ4v) is 4.99. The summed E-state index contributed by atoms with van der Waals surface area (Å²) < 4.78 is 24.0. The van der Waals surface area contributed by atoms with Crippen molar-refractivity contribution in [2.75, 3.05) is 46.1 Å². The first-order valence-corrected chi connectivity index (χ1v) is 13.0. The molecule has 6 rings (SSSR count). The first-order valence-electron chi connectivity index (χ1n) is 13.0. The Morgan fingerprint density at radius 2 is 1.82 bits per heavy atom. The summed E-state index contributed by atoms with van der Waals surface area (Å²) in [7, 11) is 0. The van der Waals surface area contributed by atoms with Crippen LogP contribution in [0.3, 0.4) is 0 Å². The highest BCUT2D eigenvalue weighted by molar-refractivity contribution is 6.34. The number of nitrogens with one attached hydrogen (secondary N) is 2. The predicted octanol–water partition coefficient (Wildman–Crippen LogP) is 2.73. The van der Waals surface area contributed by atoms with Crippen molar-refractivity contribution in [3.8, 4) is 0 Å². The van der Waals surface area contributed by atoms with Crippen LogP contribution in [0.25, 0.3) is 17.2 Å². The number of H-pyrrole nitrogens is 1. The maximum atomic E-state index is 13.5. The summed E-state index contributed by atoms with van der Waals surface area (Å²) in [5.41, 5.74) is 4.88. The number of Topliss-reactive ketones (excluding diaryl/α,β-unsaturated/α-hetero) is 1. The van der Waals surface area contributed by atoms with Gasteiger partial charge in [-0.15, -0.1) is 0 Å². The van der Waals surface area contributed by atoms with Crippen molar-refractivity contribution in [2.24, 2.45) is 4.99 Å². The average Bonchev–Trinajstić information content (AvgIpc) is 3.31. The molecule has 3 aliphatic heterocycles. The normalized spacial score (nSPS) is 22.0. The molecule has 0 atom stereocenters. The number of carbonyl (C=O) groups excluding carboxylic acids is 2. The van der Waals surface area contributed by atoms with Crippen LogP contribution in [0.2, 0.25) is 0 Å². The van der Waals surface area contributed by atoms with Crippen LogP contribution in [0.15, 0.2) is 57.7 Å². The molecule has 0 saturated heterocycles. The second-order valence-electron chi connectivity index (χ2n) is 9.34. The Bertz CT molecular complexity index is 1470. The number of aromatic nitrogens is 3. The molecule has 0 spiro atoms. The smallest absolute Gasteiger partial charge is 0.240 e. The van der Waals surface area contributed by atoms with Crippen molar-refractivity contribution in [3.63, 3.8) is 0 Å². The fourth-order valence-electron chi connectivity index (χ4n) is 4.99. The number of carbonyl (C=O) groups is 2. The van der Waals surface area contributed by atoms with Gasteiger partial charge in [-0.2, -0.15) is 0 Å². The van der Waals surface area contributed by atoms with E-state index in [2.05, 4.69) is 21.4 Å². The maximum Gasteiger partial charge on any atom is 0.240 e. The van der Waals surface area contributed by atoms with Crippen LogP contribution in [0.1, 0.15) is 40.3 Å². The van der Waals surface area contributed by atoms with E-state index in [0.717, 1.165) is 28.1 Å². The van der Waals surface area contributed by atoms with Gasteiger partial charge in [-0.25, -0.2) is 4.98 Å². The molecule has 1 aliphatic carbocycles. The van der Waals surface area contributed by atoms with E-state index in [1.165, 1.54) is 17.0 Å². The van der Waals surface area contributed by atoms with Crippen LogP contribution in [0.5, 0.6) is 0 Å². The topological polar surface area (TPSA) is 133 Å². The molecule has 0 fully saturated rings. The number of hydrogen-bond donors (Lipinski definition) is 2. The number of aromatic amines is 1. The van der Waals surface area contributed by atoms with Crippen LogP contribution in [0.4, 0.5) is 0 Å². The van der Waals surface area contributed by atoms with E-state index in [0.29, 0.717) is 69.5 Å². The molecule has 11 nitrogen and oxygen atoms in total. The lowest BCUT2D eigenvalue weighted by molar-refractivity contribution is -0.113. The minimum Gasteiger partial charge on any atom is -0.464 e. The van der Waals surface area contributed by atoms with Crippen molar-refractivity contribution < 1.29 is 28.2 Å². The average molecular weight is 532 g/mol. The fraction of sp³-hybridized carbons (Fsp3) is 0.357. The highest BCUT2D eigenvalue weighted by atomic mass is 16.5. The third-order valence-corrected chi connectivity index (χ3v) is 6.80. The Balaban J connectivity index is 1.53. The van der Waals surface area contributed by atoms with Gasteiger partial charge in [-0.05, 0) is 29.7 Å². The molecule has 0 amide bonds. The van der Waals surface area contributed by atoms with Crippen LogP contribution in [-0.2, 0) is 25.6 Å². The van der Waals surface area contributed by atoms with E-state index in [4.69, 9.17) is 23.6 Å². The molecule has 4 aliphatic rings. The molecule has 0 saturated carbocycles. The summed E-state index contributed by atoms with van der Waals surface area (Å²) in [5, 5.41) is 3.41. The van der Waals surface area contributed by atoms with Gasteiger partial charge in [0.1, 0.15) is 24.5 Å². The van der Waals surface area contributed by atoms with Gasteiger partial charge >= 0.3 is 0 Å². The van der Waals surface area contributed by atoms with E-state index in [1.54, 1.807) is 6.20 Å². The molecule has 2 N–H and O–H groups in total. The Hall–Kier alpha value is -4.06. The van der Waals surface area contributed by atoms with Crippen molar-refractivity contribution in [1.29, 1.82) is 0 Å². The first kappa shape index (κ1) is 25.2. The second kappa shape index (κ2) is 11.4. The molecular formula is C28H29N5O6. The summed E-state index contributed by atoms with van der Waals surface area (Å²) in [4.78, 5) is 39.0. The van der Waals surface area contributed by atoms with Crippen molar-refractivity contribution in [1.82, 2.24) is 19.9 Å². The zero-order valence-electron chi connectivity index (χ0n) is 21.4. The van der Waals surface area contributed by atoms with E-state index >= 15 is 0 Å². The molecule has 0 aromatic carbocycles. The monoisotopic (exact) mass is 531 g/mol. The molecule has 2 aromatic rings. The number of nitrogens with zero attached hydrogens (tertiary/aromatic N) is 3. The predicted molar refractivity (Wildman–Crippen MR) is 142 cm³/mol. The molecule has 202 valence electrons. The number of allylic oxidation sites excluding steroid dienone is 3. The third-order valence-electron chi connectivity index (χ3n) is 6.80. The van der Waals surface area contributed by atoms with Crippen LogP contribution in [-0.4, -0.2) is 78.2 Å². The lowest BCUT2D eigenvalue weighted by Gasteiger charge is -2.22. The zero-order chi connectivity index (χ0) is 26.6. The summed E-state index contributed by atoms with van der Waals surface area (Å²) in [5.74, 6) is 0.784. The Morgan fingerprint density at radius 3 is 2.72 bits per heavy atom. The van der Waals surface area contributed by atoms with E-state index in [1.807, 2.05) is 18.5 Å². The Labute approximate surface area is 224 Å². The Morgan fingerprint density at radius 1 is 0.974 bits per heavy atom. The van der Waals surface area contributed by atoms with Gasteiger partial charge in [0, 0.05) is 42.2 Å². The number of ether oxygens (including phenoxy) is 3. The summed E-state index contributed by atoms with van der Waals surface area (Å²) in [6, 6.07) is 0. The standard InChI is InChI=1S/C28H29N5O6/c34-24-13-25(35)33-16-20-17-38-10-9-37-8-7-36-5-3-31-27-21-12-19-14-29-15-23(19)22(11-18(21)1-2-30-27)26(24)28(33)32-4-6-39-20/h4,6,11-12,14-16,29H,1-3,5,7-10,13,17H2,(H,30,31)/b6-4?,20-16?,26-22-,32-28?. The van der Waals surface area contributed by atoms with Gasteiger partial charge in [0.25, 0.3) is 0 Å². The molecular weight excluding hydrogens is 502 g/mol. The van der Waals surface area contributed by atoms with Crippen molar-refractivity contribution in [3.05, 3.63) is 71.0 Å². The SMILES string of the molecule is O=C1CC(=O)n2cc3occnc2/C1=C1/C=C2CCN=C(NCCOCCOCCOC3)C2=Cc2c[nH]cc21. The molecule has 8 bridgehead atoms. The van der Waals surface area contributed by atoms with Gasteiger partial charge in [0.05, 0.1) is 57.4 Å². The molecule has 39 heavy (non-hydrogen) atoms. The Kier molecular flexibility index (Phi) is 7.35. The summed E-state index contributed by atoms with van der Waals surface area (Å²) in [6.45, 7) is 3.49. The minimum absolute atomic E-state index is 0.119. The molecule has 0 radical (unpaired) electrons. The second-order valence-corrected chi connectivity index (χ2v) is 9.34. The van der Waals surface area contributed by atoms with Gasteiger partial charge in [0.15, 0.2) is 11.6 Å². The van der Waals surface area contributed by atoms with E-state index in [9.17, 15) is 9.59 Å². The number of aliphatic imine (C=N–C) groups is 1. The van der Waals surface area contributed by atoms with E-state index < -0.39 is 0 Å². The molecule has 11 heteroatoms. The number of amidine groups is 1. The lowest BCUT2D eigenvalue weighted by atomic mass is 9.91. The summed E-state index contributed by atoms with van der Waals surface area (Å²) in [6.07, 6.45) is 12.7. The van der Waals surface area contributed by atoms with Gasteiger partial charge in [-0.1, -0.05) is 0 Å². The third kappa shape index (κ3) is 5.29. The number of ketones is 1. The highest BCUT2D eigenvalue weighted by Gasteiger charge is 2.32. The van der Waals surface area contributed by atoms with Gasteiger partial charge in [-0.3, -0.25) is 19.1 Å². The van der Waals surface area contributed by atoms with Crippen molar-refractivity contribution >= 4 is 34.7 Å². The number of rotatable bonds is 0. The van der Waals surface area contributed by atoms with Crippen molar-refractivity contribution in [2.45, 2.75) is 19.4 Å². The van der Waals surface area contributed by atoms with E-state index in [-0.39, 0.29) is 30.5 Å². The summed E-state index contributed by atoms with van der Waals surface area (Å²) >= 11 is 0. The minimum atomic E-state index is -0.383. The highest BCUT2D eigenvalue weighted by Crippen LogP contribution is 2.39. The van der Waals surface area contributed by atoms with Crippen LogP contribution < -0.4 is 5.32 Å². The lowest BCUT2D eigenvalue weighted by Crippen LogP contribution is -2.32. The first-order chi connectivity index (χ1) is 19.2. The van der Waals surface area contributed by atoms with Crippen LogP contribution in [0, 0.1) is 0 Å². The zero-order valence-corrected chi connectivity index (χ0v) is 21.4. The quantitative estimate of drug-likeness (QED) is 0.496. The molecule has 2 aromatic heterocycles. The number of fused-ring (bicyclic) bond motifs is 4.